The first kappa shape index (κ1) is 26.1. The van der Waals surface area contributed by atoms with E-state index in [9.17, 15) is 0 Å². The summed E-state index contributed by atoms with van der Waals surface area (Å²) in [5, 5.41) is 0. The van der Waals surface area contributed by atoms with Gasteiger partial charge in [0, 0.05) is 0 Å². The van der Waals surface area contributed by atoms with Crippen molar-refractivity contribution in [2.24, 2.45) is 0 Å². The molecule has 2 nitrogen and oxygen atoms in total. The van der Waals surface area contributed by atoms with Crippen LogP contribution in [0.4, 0.5) is 0 Å². The predicted octanol–water partition coefficient (Wildman–Crippen LogP) is 8.91. The first-order chi connectivity index (χ1) is 19.1. The Bertz CT molecular complexity index is 1420. The molecule has 194 valence electrons. The maximum Gasteiger partial charge on any atom is 0.119 e. The number of hydrogen-bond acceptors (Lipinski definition) is 2. The standard InChI is InChI=1S/C37H34O2/c1-5-7-9-23-38-31-17-13-29(14-18-31)37(30-15-19-32(20-16-30)39-24-10-8-6-2)35-25-27(3)11-21-33(35)34-22-12-28(4)26-36(34)37/h5-22,25-26H,1-2,23-24H2,3-4H3/b9-7+,10-8+. The maximum atomic E-state index is 5.95. The average molecular weight is 511 g/mol. The van der Waals surface area contributed by atoms with Crippen molar-refractivity contribution in [3.8, 4) is 22.6 Å². The Labute approximate surface area is 232 Å². The molecule has 0 N–H and O–H groups in total. The van der Waals surface area contributed by atoms with Crippen LogP contribution >= 0.6 is 0 Å². The van der Waals surface area contributed by atoms with Crippen LogP contribution in [0.25, 0.3) is 11.1 Å². The van der Waals surface area contributed by atoms with Crippen molar-refractivity contribution in [2.45, 2.75) is 19.3 Å². The van der Waals surface area contributed by atoms with Gasteiger partial charge in [-0.3, -0.25) is 0 Å². The molecule has 1 aliphatic carbocycles. The SMILES string of the molecule is C=C/C=C/COc1ccc(C2(c3ccc(OC/C=C/C=C)cc3)c3cc(C)ccc3-c3ccc(C)cc32)cc1. The van der Waals surface area contributed by atoms with Gasteiger partial charge in [0.1, 0.15) is 24.7 Å². The third kappa shape index (κ3) is 4.98. The van der Waals surface area contributed by atoms with Gasteiger partial charge in [0.2, 0.25) is 0 Å². The lowest BCUT2D eigenvalue weighted by Gasteiger charge is -2.34. The van der Waals surface area contributed by atoms with E-state index >= 15 is 0 Å². The lowest BCUT2D eigenvalue weighted by atomic mass is 9.67. The molecule has 2 heteroatoms. The van der Waals surface area contributed by atoms with Gasteiger partial charge in [0.05, 0.1) is 5.41 Å². The molecule has 0 saturated heterocycles. The van der Waals surface area contributed by atoms with Crippen molar-refractivity contribution < 1.29 is 9.47 Å². The topological polar surface area (TPSA) is 18.5 Å². The van der Waals surface area contributed by atoms with Crippen molar-refractivity contribution in [3.63, 3.8) is 0 Å². The number of fused-ring (bicyclic) bond motifs is 3. The zero-order valence-electron chi connectivity index (χ0n) is 22.7. The van der Waals surface area contributed by atoms with Crippen LogP contribution in [-0.2, 0) is 5.41 Å². The number of aryl methyl sites for hydroxylation is 2. The summed E-state index contributed by atoms with van der Waals surface area (Å²) >= 11 is 0. The first-order valence-corrected chi connectivity index (χ1v) is 13.3. The van der Waals surface area contributed by atoms with E-state index in [0.717, 1.165) is 11.5 Å². The summed E-state index contributed by atoms with van der Waals surface area (Å²) in [6.45, 7) is 12.8. The summed E-state index contributed by atoms with van der Waals surface area (Å²) in [7, 11) is 0. The Balaban J connectivity index is 1.66. The van der Waals surface area contributed by atoms with E-state index in [1.165, 1.54) is 44.5 Å². The molecule has 0 atom stereocenters. The van der Waals surface area contributed by atoms with Crippen LogP contribution in [0.2, 0.25) is 0 Å². The molecule has 0 saturated carbocycles. The van der Waals surface area contributed by atoms with E-state index in [-0.39, 0.29) is 0 Å². The van der Waals surface area contributed by atoms with E-state index in [0.29, 0.717) is 13.2 Å². The summed E-state index contributed by atoms with van der Waals surface area (Å²) in [5.74, 6) is 1.68. The van der Waals surface area contributed by atoms with Crippen molar-refractivity contribution in [2.75, 3.05) is 13.2 Å². The molecular weight excluding hydrogens is 476 g/mol. The van der Waals surface area contributed by atoms with Crippen LogP contribution in [0.5, 0.6) is 11.5 Å². The third-order valence-electron chi connectivity index (χ3n) is 7.26. The van der Waals surface area contributed by atoms with Gasteiger partial charge < -0.3 is 9.47 Å². The molecule has 0 heterocycles. The molecule has 5 rings (SSSR count). The quantitative estimate of drug-likeness (QED) is 0.175. The van der Waals surface area contributed by atoms with E-state index in [1.54, 1.807) is 12.2 Å². The van der Waals surface area contributed by atoms with Gasteiger partial charge in [-0.2, -0.15) is 0 Å². The summed E-state index contributed by atoms with van der Waals surface area (Å²) < 4.78 is 11.9. The average Bonchev–Trinajstić information content (AvgIpc) is 3.23. The van der Waals surface area contributed by atoms with Crippen molar-refractivity contribution in [1.82, 2.24) is 0 Å². The molecule has 0 radical (unpaired) electrons. The number of ether oxygens (including phenoxy) is 2. The van der Waals surface area contributed by atoms with Gasteiger partial charge in [-0.1, -0.05) is 109 Å². The second kappa shape index (κ2) is 11.4. The van der Waals surface area contributed by atoms with Gasteiger partial charge in [0.25, 0.3) is 0 Å². The molecule has 0 spiro atoms. The van der Waals surface area contributed by atoms with E-state index in [2.05, 4.69) is 112 Å². The Kier molecular flexibility index (Phi) is 7.65. The minimum atomic E-state index is -0.467. The zero-order chi connectivity index (χ0) is 27.2. The number of hydrogen-bond donors (Lipinski definition) is 0. The lowest BCUT2D eigenvalue weighted by Crippen LogP contribution is -2.28. The van der Waals surface area contributed by atoms with E-state index < -0.39 is 5.41 Å². The third-order valence-corrected chi connectivity index (χ3v) is 7.26. The maximum absolute atomic E-state index is 5.95. The van der Waals surface area contributed by atoms with Crippen molar-refractivity contribution in [3.05, 3.63) is 168 Å². The second-order valence-corrected chi connectivity index (χ2v) is 9.85. The predicted molar refractivity (Wildman–Crippen MR) is 163 cm³/mol. The van der Waals surface area contributed by atoms with Crippen LogP contribution in [0.3, 0.4) is 0 Å². The van der Waals surface area contributed by atoms with Gasteiger partial charge in [-0.25, -0.2) is 0 Å². The molecule has 0 bridgehead atoms. The molecule has 0 aliphatic heterocycles. The van der Waals surface area contributed by atoms with Crippen LogP contribution in [0.15, 0.2) is 135 Å². The van der Waals surface area contributed by atoms with Crippen molar-refractivity contribution in [1.29, 1.82) is 0 Å². The summed E-state index contributed by atoms with van der Waals surface area (Å²) in [4.78, 5) is 0. The summed E-state index contributed by atoms with van der Waals surface area (Å²) in [6.07, 6.45) is 11.2. The lowest BCUT2D eigenvalue weighted by molar-refractivity contribution is 0.362. The minimum Gasteiger partial charge on any atom is -0.490 e. The molecule has 4 aromatic carbocycles. The van der Waals surface area contributed by atoms with Crippen LogP contribution in [-0.4, -0.2) is 13.2 Å². The van der Waals surface area contributed by atoms with Gasteiger partial charge in [-0.15, -0.1) is 0 Å². The fraction of sp³-hybridized carbons (Fsp3) is 0.135. The van der Waals surface area contributed by atoms with Crippen molar-refractivity contribution >= 4 is 0 Å². The largest absolute Gasteiger partial charge is 0.490 e. The Morgan fingerprint density at radius 2 is 1.00 bits per heavy atom. The fourth-order valence-corrected chi connectivity index (χ4v) is 5.53. The number of allylic oxidation sites excluding steroid dienone is 4. The Morgan fingerprint density at radius 3 is 1.38 bits per heavy atom. The molecule has 0 fully saturated rings. The van der Waals surface area contributed by atoms with Crippen LogP contribution in [0, 0.1) is 13.8 Å². The monoisotopic (exact) mass is 510 g/mol. The normalized spacial score (nSPS) is 13.3. The fourth-order valence-electron chi connectivity index (χ4n) is 5.53. The Morgan fingerprint density at radius 1 is 0.590 bits per heavy atom. The molecule has 39 heavy (non-hydrogen) atoms. The highest BCUT2D eigenvalue weighted by Gasteiger charge is 2.46. The molecule has 4 aromatic rings. The molecular formula is C37H34O2. The molecule has 1 aliphatic rings. The first-order valence-electron chi connectivity index (χ1n) is 13.3. The minimum absolute atomic E-state index is 0.467. The molecule has 0 amide bonds. The van der Waals surface area contributed by atoms with E-state index in [4.69, 9.17) is 9.47 Å². The Hall–Kier alpha value is -4.56. The van der Waals surface area contributed by atoms with Crippen LogP contribution < -0.4 is 9.47 Å². The zero-order valence-corrected chi connectivity index (χ0v) is 22.7. The highest BCUT2D eigenvalue weighted by Crippen LogP contribution is 2.56. The van der Waals surface area contributed by atoms with Crippen LogP contribution in [0.1, 0.15) is 33.4 Å². The highest BCUT2D eigenvalue weighted by molar-refractivity contribution is 5.86. The molecule has 0 unspecified atom stereocenters. The molecule has 0 aromatic heterocycles. The number of rotatable bonds is 10. The van der Waals surface area contributed by atoms with E-state index in [1.807, 2.05) is 24.3 Å². The highest BCUT2D eigenvalue weighted by atomic mass is 16.5. The van der Waals surface area contributed by atoms with Gasteiger partial charge in [-0.05, 0) is 83.6 Å². The number of benzene rings is 4. The second-order valence-electron chi connectivity index (χ2n) is 9.85. The smallest absolute Gasteiger partial charge is 0.119 e. The van der Waals surface area contributed by atoms with Gasteiger partial charge in [0.15, 0.2) is 0 Å². The van der Waals surface area contributed by atoms with Gasteiger partial charge >= 0.3 is 0 Å². The summed E-state index contributed by atoms with van der Waals surface area (Å²) in [6, 6.07) is 30.8. The summed E-state index contributed by atoms with van der Waals surface area (Å²) in [5.41, 5.74) is 9.58.